The van der Waals surface area contributed by atoms with Gasteiger partial charge in [0.15, 0.2) is 0 Å². The molecule has 0 bridgehead atoms. The number of halogens is 3. The van der Waals surface area contributed by atoms with Gasteiger partial charge in [-0.25, -0.2) is 4.39 Å². The lowest BCUT2D eigenvalue weighted by atomic mass is 9.96. The van der Waals surface area contributed by atoms with Gasteiger partial charge in [0.05, 0.1) is 11.6 Å². The highest BCUT2D eigenvalue weighted by molar-refractivity contribution is 7.90. The summed E-state index contributed by atoms with van der Waals surface area (Å²) < 4.78 is 63.3. The number of hydrogen-bond acceptors (Lipinski definition) is 3. The molecule has 1 saturated heterocycles. The van der Waals surface area contributed by atoms with Crippen molar-refractivity contribution in [2.45, 2.75) is 63.4 Å². The molecule has 1 fully saturated rings. The molecule has 3 nitrogen and oxygen atoms in total. The largest absolute Gasteiger partial charge is 0.598 e. The zero-order valence-electron chi connectivity index (χ0n) is 14.4. The SMILES string of the molecule is C[C@@H](N[S+]([O-])C(C)(C)C)c1cccc(C(F)(F)[C@H]2CCCO2)c1F. The third-order valence-electron chi connectivity index (χ3n) is 4.03. The molecule has 0 aromatic heterocycles. The Balaban J connectivity index is 2.27. The lowest BCUT2D eigenvalue weighted by molar-refractivity contribution is -0.124. The van der Waals surface area contributed by atoms with Crippen LogP contribution in [0.15, 0.2) is 18.2 Å². The number of benzene rings is 1. The Labute approximate surface area is 144 Å². The van der Waals surface area contributed by atoms with Crippen LogP contribution in [-0.4, -0.2) is 22.0 Å². The van der Waals surface area contributed by atoms with Crippen LogP contribution in [0.5, 0.6) is 0 Å². The standard InChI is InChI=1S/C17H24F3NO2S/c1-11(21-24(22)16(2,3)4)12-7-5-8-13(15(12)18)17(19,20)14-9-6-10-23-14/h5,7-8,11,14,21H,6,9-10H2,1-4H3/t11-,14-,24?/m1/s1. The van der Waals surface area contributed by atoms with Gasteiger partial charge in [-0.15, -0.1) is 4.72 Å². The normalized spacial score (nSPS) is 21.8. The fourth-order valence-corrected chi connectivity index (χ4v) is 3.38. The molecule has 3 atom stereocenters. The van der Waals surface area contributed by atoms with E-state index in [4.69, 9.17) is 4.74 Å². The molecule has 136 valence electrons. The van der Waals surface area contributed by atoms with Crippen LogP contribution in [0.3, 0.4) is 0 Å². The van der Waals surface area contributed by atoms with Crippen molar-refractivity contribution in [2.75, 3.05) is 6.61 Å². The molecule has 1 aliphatic rings. The van der Waals surface area contributed by atoms with Crippen LogP contribution in [0.4, 0.5) is 13.2 Å². The maximum atomic E-state index is 14.7. The summed E-state index contributed by atoms with van der Waals surface area (Å²) in [6.07, 6.45) is -0.544. The monoisotopic (exact) mass is 363 g/mol. The number of alkyl halides is 2. The molecule has 1 aliphatic heterocycles. The van der Waals surface area contributed by atoms with E-state index in [1.165, 1.54) is 12.1 Å². The molecule has 0 spiro atoms. The molecule has 0 saturated carbocycles. The Morgan fingerprint density at radius 2 is 2.00 bits per heavy atom. The first-order chi connectivity index (χ1) is 11.0. The predicted molar refractivity (Wildman–Crippen MR) is 88.7 cm³/mol. The first-order valence-corrected chi connectivity index (χ1v) is 9.16. The molecule has 1 aromatic rings. The van der Waals surface area contributed by atoms with Crippen molar-refractivity contribution >= 4 is 11.4 Å². The molecular formula is C17H24F3NO2S. The average molecular weight is 363 g/mol. The van der Waals surface area contributed by atoms with Crippen molar-refractivity contribution in [1.82, 2.24) is 4.72 Å². The van der Waals surface area contributed by atoms with Crippen molar-refractivity contribution in [1.29, 1.82) is 0 Å². The summed E-state index contributed by atoms with van der Waals surface area (Å²) in [6.45, 7) is 7.21. The van der Waals surface area contributed by atoms with E-state index in [-0.39, 0.29) is 18.6 Å². The van der Waals surface area contributed by atoms with Gasteiger partial charge in [-0.3, -0.25) is 0 Å². The van der Waals surface area contributed by atoms with E-state index in [0.29, 0.717) is 6.42 Å². The van der Waals surface area contributed by atoms with Gasteiger partial charge in [0.1, 0.15) is 16.7 Å². The Morgan fingerprint density at radius 1 is 1.33 bits per heavy atom. The minimum absolute atomic E-state index is 0.0720. The summed E-state index contributed by atoms with van der Waals surface area (Å²) in [4.78, 5) is 0. The minimum Gasteiger partial charge on any atom is -0.598 e. The Hall–Kier alpha value is -0.760. The van der Waals surface area contributed by atoms with E-state index < -0.39 is 45.6 Å². The molecule has 7 heteroatoms. The highest BCUT2D eigenvalue weighted by Crippen LogP contribution is 2.40. The third-order valence-corrected chi connectivity index (χ3v) is 5.71. The van der Waals surface area contributed by atoms with Crippen LogP contribution in [0.25, 0.3) is 0 Å². The van der Waals surface area contributed by atoms with Crippen LogP contribution < -0.4 is 4.72 Å². The highest BCUT2D eigenvalue weighted by Gasteiger charge is 2.46. The molecule has 1 aromatic carbocycles. The Morgan fingerprint density at radius 3 is 2.54 bits per heavy atom. The topological polar surface area (TPSA) is 44.3 Å². The highest BCUT2D eigenvalue weighted by atomic mass is 32.2. The number of rotatable bonds is 5. The Bertz CT molecular complexity index is 571. The van der Waals surface area contributed by atoms with Crippen LogP contribution >= 0.6 is 0 Å². The van der Waals surface area contributed by atoms with Crippen molar-refractivity contribution in [2.24, 2.45) is 0 Å². The quantitative estimate of drug-likeness (QED) is 0.797. The number of ether oxygens (including phenoxy) is 1. The molecule has 1 unspecified atom stereocenters. The van der Waals surface area contributed by atoms with Crippen LogP contribution in [0.2, 0.25) is 0 Å². The lowest BCUT2D eigenvalue weighted by Gasteiger charge is -2.28. The van der Waals surface area contributed by atoms with Crippen LogP contribution in [0, 0.1) is 5.82 Å². The van der Waals surface area contributed by atoms with Gasteiger partial charge in [0, 0.05) is 23.5 Å². The summed E-state index contributed by atoms with van der Waals surface area (Å²) in [5.41, 5.74) is -0.593. The third kappa shape index (κ3) is 4.07. The first-order valence-electron chi connectivity index (χ1n) is 8.01. The van der Waals surface area contributed by atoms with Gasteiger partial charge >= 0.3 is 5.92 Å². The molecule has 0 aliphatic carbocycles. The van der Waals surface area contributed by atoms with Crippen LogP contribution in [-0.2, 0) is 22.0 Å². The zero-order chi connectivity index (χ0) is 18.1. The Kier molecular flexibility index (Phi) is 5.90. The average Bonchev–Trinajstić information content (AvgIpc) is 3.01. The van der Waals surface area contributed by atoms with Crippen LogP contribution in [0.1, 0.15) is 57.7 Å². The van der Waals surface area contributed by atoms with Gasteiger partial charge in [0.2, 0.25) is 0 Å². The minimum atomic E-state index is -3.39. The van der Waals surface area contributed by atoms with Gasteiger partial charge in [-0.2, -0.15) is 8.78 Å². The van der Waals surface area contributed by atoms with Gasteiger partial charge in [-0.05, 0) is 46.6 Å². The molecular weight excluding hydrogens is 339 g/mol. The summed E-state index contributed by atoms with van der Waals surface area (Å²) in [7, 11) is 0. The molecule has 0 radical (unpaired) electrons. The fourth-order valence-electron chi connectivity index (χ4n) is 2.58. The zero-order valence-corrected chi connectivity index (χ0v) is 15.2. The molecule has 0 amide bonds. The van der Waals surface area contributed by atoms with E-state index in [1.54, 1.807) is 27.7 Å². The van der Waals surface area contributed by atoms with E-state index in [2.05, 4.69) is 4.72 Å². The second kappa shape index (κ2) is 7.23. The lowest BCUT2D eigenvalue weighted by Crippen LogP contribution is -2.41. The second-order valence-electron chi connectivity index (χ2n) is 7.05. The molecule has 1 heterocycles. The van der Waals surface area contributed by atoms with E-state index in [0.717, 1.165) is 6.07 Å². The van der Waals surface area contributed by atoms with E-state index in [1.807, 2.05) is 0 Å². The molecule has 1 N–H and O–H groups in total. The smallest absolute Gasteiger partial charge is 0.301 e. The summed E-state index contributed by atoms with van der Waals surface area (Å²) >= 11 is -1.43. The first kappa shape index (κ1) is 19.6. The second-order valence-corrected chi connectivity index (χ2v) is 9.05. The van der Waals surface area contributed by atoms with Crippen molar-refractivity contribution in [3.8, 4) is 0 Å². The molecule has 24 heavy (non-hydrogen) atoms. The summed E-state index contributed by atoms with van der Waals surface area (Å²) in [5.74, 6) is -4.36. The summed E-state index contributed by atoms with van der Waals surface area (Å²) in [5, 5.41) is 0. The van der Waals surface area contributed by atoms with Gasteiger partial charge in [0.25, 0.3) is 0 Å². The van der Waals surface area contributed by atoms with Gasteiger partial charge in [-0.1, -0.05) is 12.1 Å². The van der Waals surface area contributed by atoms with E-state index >= 15 is 0 Å². The van der Waals surface area contributed by atoms with Gasteiger partial charge < -0.3 is 9.29 Å². The maximum Gasteiger partial charge on any atom is 0.301 e. The molecule has 2 rings (SSSR count). The van der Waals surface area contributed by atoms with E-state index in [9.17, 15) is 17.7 Å². The van der Waals surface area contributed by atoms with Crippen molar-refractivity contribution in [3.05, 3.63) is 35.1 Å². The van der Waals surface area contributed by atoms with Crippen molar-refractivity contribution < 1.29 is 22.5 Å². The number of nitrogens with one attached hydrogen (secondary N) is 1. The maximum absolute atomic E-state index is 14.7. The van der Waals surface area contributed by atoms with Crippen molar-refractivity contribution in [3.63, 3.8) is 0 Å². The predicted octanol–water partition coefficient (Wildman–Crippen LogP) is 4.21. The summed E-state index contributed by atoms with van der Waals surface area (Å²) in [6, 6.07) is 3.26. The number of hydrogen-bond donors (Lipinski definition) is 1. The fraction of sp³-hybridized carbons (Fsp3) is 0.647.